The SMILES string of the molecule is C[N+]1(C)CC(Oc2ccc(/C=C/c3ccccc3)cc2)C1. The first-order valence-corrected chi connectivity index (χ1v) is 7.43. The predicted molar refractivity (Wildman–Crippen MR) is 88.1 cm³/mol. The average molecular weight is 280 g/mol. The monoisotopic (exact) mass is 280 g/mol. The van der Waals surface area contributed by atoms with Crippen LogP contribution >= 0.6 is 0 Å². The molecule has 0 N–H and O–H groups in total. The van der Waals surface area contributed by atoms with Gasteiger partial charge in [-0.25, -0.2) is 0 Å². The van der Waals surface area contributed by atoms with Crippen molar-refractivity contribution in [2.75, 3.05) is 27.2 Å². The summed E-state index contributed by atoms with van der Waals surface area (Å²) >= 11 is 0. The maximum absolute atomic E-state index is 5.96. The van der Waals surface area contributed by atoms with Gasteiger partial charge in [-0.2, -0.15) is 0 Å². The van der Waals surface area contributed by atoms with Gasteiger partial charge in [0.1, 0.15) is 18.8 Å². The van der Waals surface area contributed by atoms with E-state index in [0.29, 0.717) is 6.10 Å². The Kier molecular flexibility index (Phi) is 3.80. The Labute approximate surface area is 126 Å². The molecule has 1 aliphatic heterocycles. The average Bonchev–Trinajstić information content (AvgIpc) is 2.46. The van der Waals surface area contributed by atoms with Crippen molar-refractivity contribution >= 4 is 12.2 Å². The van der Waals surface area contributed by atoms with Crippen LogP contribution in [0.2, 0.25) is 0 Å². The molecule has 1 aliphatic rings. The van der Waals surface area contributed by atoms with Crippen LogP contribution in [0.25, 0.3) is 12.2 Å². The van der Waals surface area contributed by atoms with Gasteiger partial charge in [-0.1, -0.05) is 54.6 Å². The standard InChI is InChI=1S/C19H22NO/c1-20(2)14-19(15-20)21-18-12-10-17(11-13-18)9-8-16-6-4-3-5-7-16/h3-13,19H,14-15H2,1-2H3/q+1/b9-8+. The van der Waals surface area contributed by atoms with Gasteiger partial charge in [-0.15, -0.1) is 0 Å². The Morgan fingerprint density at radius 2 is 1.43 bits per heavy atom. The zero-order chi connectivity index (χ0) is 14.7. The Morgan fingerprint density at radius 3 is 2.00 bits per heavy atom. The summed E-state index contributed by atoms with van der Waals surface area (Å²) in [6.07, 6.45) is 4.62. The molecule has 108 valence electrons. The number of likely N-dealkylation sites (N-methyl/N-ethyl adjacent to an activating group) is 1. The molecule has 0 radical (unpaired) electrons. The first-order valence-electron chi connectivity index (χ1n) is 7.43. The number of ether oxygens (including phenoxy) is 1. The summed E-state index contributed by atoms with van der Waals surface area (Å²) in [5.41, 5.74) is 2.41. The van der Waals surface area contributed by atoms with Crippen LogP contribution in [0.4, 0.5) is 0 Å². The second-order valence-corrected chi connectivity index (χ2v) is 6.35. The van der Waals surface area contributed by atoms with Crippen molar-refractivity contribution in [2.45, 2.75) is 6.10 Å². The van der Waals surface area contributed by atoms with Gasteiger partial charge in [-0.3, -0.25) is 0 Å². The van der Waals surface area contributed by atoms with E-state index in [1.165, 1.54) is 11.1 Å². The van der Waals surface area contributed by atoms with Crippen LogP contribution in [0.15, 0.2) is 54.6 Å². The lowest BCUT2D eigenvalue weighted by atomic mass is 10.1. The summed E-state index contributed by atoms with van der Waals surface area (Å²) in [5, 5.41) is 0. The maximum atomic E-state index is 5.96. The van der Waals surface area contributed by atoms with E-state index in [1.807, 2.05) is 6.07 Å². The quantitative estimate of drug-likeness (QED) is 0.613. The highest BCUT2D eigenvalue weighted by molar-refractivity contribution is 5.69. The maximum Gasteiger partial charge on any atom is 0.196 e. The summed E-state index contributed by atoms with van der Waals surface area (Å²) < 4.78 is 7.02. The number of hydrogen-bond donors (Lipinski definition) is 0. The van der Waals surface area contributed by atoms with Gasteiger partial charge in [0, 0.05) is 0 Å². The second kappa shape index (κ2) is 5.74. The highest BCUT2D eigenvalue weighted by atomic mass is 16.5. The summed E-state index contributed by atoms with van der Waals surface area (Å²) in [5.74, 6) is 0.969. The van der Waals surface area contributed by atoms with E-state index in [4.69, 9.17) is 4.74 Å². The summed E-state index contributed by atoms with van der Waals surface area (Å²) in [4.78, 5) is 0. The molecule has 0 unspecified atom stereocenters. The van der Waals surface area contributed by atoms with Crippen molar-refractivity contribution in [3.8, 4) is 5.75 Å². The van der Waals surface area contributed by atoms with Crippen LogP contribution in [0, 0.1) is 0 Å². The molecule has 1 fully saturated rings. The third-order valence-electron chi connectivity index (χ3n) is 3.85. The van der Waals surface area contributed by atoms with Gasteiger partial charge in [-0.05, 0) is 23.3 Å². The zero-order valence-electron chi connectivity index (χ0n) is 12.7. The van der Waals surface area contributed by atoms with Crippen molar-refractivity contribution in [1.82, 2.24) is 0 Å². The predicted octanol–water partition coefficient (Wildman–Crippen LogP) is 3.69. The highest BCUT2D eigenvalue weighted by Gasteiger charge is 2.38. The molecule has 0 aromatic heterocycles. The molecule has 3 rings (SSSR count). The molecule has 0 spiro atoms. The molecule has 0 atom stereocenters. The second-order valence-electron chi connectivity index (χ2n) is 6.35. The molecular formula is C19H22NO+. The van der Waals surface area contributed by atoms with E-state index in [2.05, 4.69) is 74.8 Å². The molecule has 1 heterocycles. The van der Waals surface area contributed by atoms with Crippen molar-refractivity contribution < 1.29 is 9.22 Å². The van der Waals surface area contributed by atoms with E-state index < -0.39 is 0 Å². The molecule has 1 saturated heterocycles. The topological polar surface area (TPSA) is 9.23 Å². The van der Waals surface area contributed by atoms with Crippen LogP contribution in [-0.2, 0) is 0 Å². The molecule has 2 heteroatoms. The minimum atomic E-state index is 0.366. The van der Waals surface area contributed by atoms with Gasteiger partial charge >= 0.3 is 0 Å². The lowest BCUT2D eigenvalue weighted by molar-refractivity contribution is -0.936. The first-order chi connectivity index (χ1) is 10.1. The Morgan fingerprint density at radius 1 is 0.857 bits per heavy atom. The van der Waals surface area contributed by atoms with Crippen molar-refractivity contribution in [2.24, 2.45) is 0 Å². The van der Waals surface area contributed by atoms with E-state index in [9.17, 15) is 0 Å². The number of rotatable bonds is 4. The Bertz CT molecular complexity index is 606. The van der Waals surface area contributed by atoms with Crippen LogP contribution in [0.1, 0.15) is 11.1 Å². The molecule has 2 aromatic carbocycles. The van der Waals surface area contributed by atoms with E-state index in [-0.39, 0.29) is 0 Å². The Hall–Kier alpha value is -2.06. The number of quaternary nitrogens is 1. The fourth-order valence-electron chi connectivity index (χ4n) is 2.73. The fourth-order valence-corrected chi connectivity index (χ4v) is 2.73. The minimum Gasteiger partial charge on any atom is -0.479 e. The van der Waals surface area contributed by atoms with Gasteiger partial charge in [0.2, 0.25) is 0 Å². The van der Waals surface area contributed by atoms with Gasteiger partial charge in [0.25, 0.3) is 0 Å². The summed E-state index contributed by atoms with van der Waals surface area (Å²) in [7, 11) is 4.47. The lowest BCUT2D eigenvalue weighted by Gasteiger charge is -2.43. The molecule has 0 aliphatic carbocycles. The largest absolute Gasteiger partial charge is 0.479 e. The molecule has 2 aromatic rings. The van der Waals surface area contributed by atoms with E-state index in [1.54, 1.807) is 0 Å². The summed E-state index contributed by atoms with van der Waals surface area (Å²) in [6.45, 7) is 2.19. The normalized spacial score (nSPS) is 17.6. The third kappa shape index (κ3) is 3.73. The molecule has 2 nitrogen and oxygen atoms in total. The van der Waals surface area contributed by atoms with E-state index >= 15 is 0 Å². The molecule has 0 saturated carbocycles. The number of hydrogen-bond acceptors (Lipinski definition) is 1. The number of likely N-dealkylation sites (tertiary alicyclic amines) is 1. The van der Waals surface area contributed by atoms with Crippen molar-refractivity contribution in [3.63, 3.8) is 0 Å². The molecule has 0 bridgehead atoms. The van der Waals surface area contributed by atoms with E-state index in [0.717, 1.165) is 23.3 Å². The minimum absolute atomic E-state index is 0.366. The van der Waals surface area contributed by atoms with Gasteiger partial charge < -0.3 is 9.22 Å². The zero-order valence-corrected chi connectivity index (χ0v) is 12.7. The fraction of sp³-hybridized carbons (Fsp3) is 0.263. The van der Waals surface area contributed by atoms with Crippen LogP contribution < -0.4 is 4.74 Å². The summed E-state index contributed by atoms with van der Waals surface area (Å²) in [6, 6.07) is 18.7. The Balaban J connectivity index is 1.58. The van der Waals surface area contributed by atoms with Crippen LogP contribution in [-0.4, -0.2) is 37.8 Å². The number of nitrogens with zero attached hydrogens (tertiary/aromatic N) is 1. The van der Waals surface area contributed by atoms with Crippen molar-refractivity contribution in [1.29, 1.82) is 0 Å². The lowest BCUT2D eigenvalue weighted by Crippen LogP contribution is -2.63. The van der Waals surface area contributed by atoms with Crippen LogP contribution in [0.5, 0.6) is 5.75 Å². The molecule has 0 amide bonds. The molecular weight excluding hydrogens is 258 g/mol. The van der Waals surface area contributed by atoms with Gasteiger partial charge in [0.05, 0.1) is 14.1 Å². The first kappa shape index (κ1) is 13.9. The van der Waals surface area contributed by atoms with Crippen molar-refractivity contribution in [3.05, 3.63) is 65.7 Å². The highest BCUT2D eigenvalue weighted by Crippen LogP contribution is 2.22. The number of benzene rings is 2. The van der Waals surface area contributed by atoms with Gasteiger partial charge in [0.15, 0.2) is 6.10 Å². The third-order valence-corrected chi connectivity index (χ3v) is 3.85. The molecule has 21 heavy (non-hydrogen) atoms. The van der Waals surface area contributed by atoms with Crippen LogP contribution in [0.3, 0.4) is 0 Å². The smallest absolute Gasteiger partial charge is 0.196 e.